The number of fused-ring (bicyclic) bond motifs is 1. The zero-order valence-corrected chi connectivity index (χ0v) is 12.7. The predicted molar refractivity (Wildman–Crippen MR) is 85.7 cm³/mol. The van der Waals surface area contributed by atoms with Gasteiger partial charge in [0.2, 0.25) is 0 Å². The number of anilines is 1. The highest BCUT2D eigenvalue weighted by Crippen LogP contribution is 2.28. The largest absolute Gasteiger partial charge is 0.491 e. The van der Waals surface area contributed by atoms with Crippen LogP contribution in [0.4, 0.5) is 5.82 Å². The molecule has 20 heavy (non-hydrogen) atoms. The molecule has 0 saturated heterocycles. The summed E-state index contributed by atoms with van der Waals surface area (Å²) in [6.45, 7) is 8.02. The lowest BCUT2D eigenvalue weighted by Gasteiger charge is -2.13. The van der Waals surface area contributed by atoms with Crippen molar-refractivity contribution in [2.75, 3.05) is 18.5 Å². The highest BCUT2D eigenvalue weighted by Gasteiger charge is 2.09. The first-order valence-corrected chi connectivity index (χ1v) is 7.59. The van der Waals surface area contributed by atoms with E-state index in [1.807, 2.05) is 12.1 Å². The molecule has 0 aliphatic heterocycles. The Morgan fingerprint density at radius 2 is 2.00 bits per heavy atom. The summed E-state index contributed by atoms with van der Waals surface area (Å²) >= 11 is 0. The summed E-state index contributed by atoms with van der Waals surface area (Å²) < 4.78 is 5.81. The summed E-state index contributed by atoms with van der Waals surface area (Å²) in [6, 6.07) is 8.39. The van der Waals surface area contributed by atoms with Crippen molar-refractivity contribution in [1.29, 1.82) is 0 Å². The lowest BCUT2D eigenvalue weighted by atomic mass is 10.1. The summed E-state index contributed by atoms with van der Waals surface area (Å²) in [5.74, 6) is 1.88. The molecule has 0 radical (unpaired) electrons. The molecular formula is C17H24N2O. The Morgan fingerprint density at radius 3 is 2.70 bits per heavy atom. The van der Waals surface area contributed by atoms with E-state index in [2.05, 4.69) is 38.2 Å². The van der Waals surface area contributed by atoms with Crippen LogP contribution in [0.2, 0.25) is 0 Å². The molecule has 0 spiro atoms. The van der Waals surface area contributed by atoms with E-state index < -0.39 is 0 Å². The lowest BCUT2D eigenvalue weighted by Crippen LogP contribution is -2.05. The van der Waals surface area contributed by atoms with Gasteiger partial charge >= 0.3 is 0 Å². The Hall–Kier alpha value is -1.77. The zero-order chi connectivity index (χ0) is 14.4. The smallest absolute Gasteiger partial charge is 0.145 e. The average molecular weight is 272 g/mol. The first-order valence-electron chi connectivity index (χ1n) is 7.59. The van der Waals surface area contributed by atoms with Crippen LogP contribution >= 0.6 is 0 Å². The molecule has 3 heteroatoms. The summed E-state index contributed by atoms with van der Waals surface area (Å²) in [6.07, 6.45) is 3.17. The van der Waals surface area contributed by atoms with E-state index in [1.54, 1.807) is 0 Å². The number of hydrogen-bond donors (Lipinski definition) is 1. The van der Waals surface area contributed by atoms with Crippen LogP contribution in [0.25, 0.3) is 10.9 Å². The fourth-order valence-corrected chi connectivity index (χ4v) is 2.32. The first kappa shape index (κ1) is 14.6. The zero-order valence-electron chi connectivity index (χ0n) is 12.7. The minimum Gasteiger partial charge on any atom is -0.491 e. The summed E-state index contributed by atoms with van der Waals surface area (Å²) in [7, 11) is 0. The molecule has 2 aromatic rings. The number of para-hydroxylation sites is 1. The van der Waals surface area contributed by atoms with Crippen LogP contribution in [0.3, 0.4) is 0 Å². The highest BCUT2D eigenvalue weighted by molar-refractivity contribution is 5.87. The first-order chi connectivity index (χ1) is 9.80. The van der Waals surface area contributed by atoms with Crippen LogP contribution in [0, 0.1) is 0 Å². The van der Waals surface area contributed by atoms with Gasteiger partial charge in [-0.1, -0.05) is 32.4 Å². The van der Waals surface area contributed by atoms with Gasteiger partial charge in [-0.2, -0.15) is 0 Å². The Balaban J connectivity index is 2.48. The molecule has 0 atom stereocenters. The summed E-state index contributed by atoms with van der Waals surface area (Å²) in [4.78, 5) is 4.80. The Morgan fingerprint density at radius 1 is 1.15 bits per heavy atom. The van der Waals surface area contributed by atoms with E-state index in [1.165, 1.54) is 5.56 Å². The van der Waals surface area contributed by atoms with E-state index in [0.717, 1.165) is 54.9 Å². The van der Waals surface area contributed by atoms with Gasteiger partial charge in [-0.05, 0) is 37.5 Å². The number of hydrogen-bond acceptors (Lipinski definition) is 3. The van der Waals surface area contributed by atoms with Gasteiger partial charge in [-0.3, -0.25) is 0 Å². The number of nitrogens with zero attached hydrogens (tertiary/aromatic N) is 1. The monoisotopic (exact) mass is 272 g/mol. The van der Waals surface area contributed by atoms with Gasteiger partial charge < -0.3 is 10.1 Å². The Kier molecular flexibility index (Phi) is 5.22. The van der Waals surface area contributed by atoms with Crippen LogP contribution in [-0.2, 0) is 6.42 Å². The predicted octanol–water partition coefficient (Wildman–Crippen LogP) is 4.41. The molecule has 1 aromatic carbocycles. The molecule has 1 aromatic heterocycles. The fourth-order valence-electron chi connectivity index (χ4n) is 2.32. The molecule has 0 bridgehead atoms. The molecule has 0 aliphatic carbocycles. The molecule has 1 heterocycles. The lowest BCUT2D eigenvalue weighted by molar-refractivity contribution is 0.320. The molecule has 1 N–H and O–H groups in total. The topological polar surface area (TPSA) is 34.1 Å². The van der Waals surface area contributed by atoms with Crippen LogP contribution in [0.15, 0.2) is 24.3 Å². The van der Waals surface area contributed by atoms with E-state index in [4.69, 9.17) is 9.72 Å². The van der Waals surface area contributed by atoms with Crippen LogP contribution in [0.1, 0.15) is 39.2 Å². The van der Waals surface area contributed by atoms with Crippen molar-refractivity contribution in [3.63, 3.8) is 0 Å². The second-order valence-electron chi connectivity index (χ2n) is 4.95. The van der Waals surface area contributed by atoms with Gasteiger partial charge in [0.25, 0.3) is 0 Å². The average Bonchev–Trinajstić information content (AvgIpc) is 2.46. The molecule has 0 aliphatic rings. The van der Waals surface area contributed by atoms with Crippen LogP contribution in [-0.4, -0.2) is 18.1 Å². The van der Waals surface area contributed by atoms with Gasteiger partial charge in [0.15, 0.2) is 0 Å². The number of pyridine rings is 1. The van der Waals surface area contributed by atoms with E-state index in [-0.39, 0.29) is 0 Å². The molecular weight excluding hydrogens is 248 g/mol. The standard InChI is InChI=1S/C17H24N2O/c1-4-8-14-12-13-9-7-10-15(20-11-5-2)16(13)19-17(14)18-6-3/h7,9-10,12H,4-6,8,11H2,1-3H3,(H,18,19). The molecule has 108 valence electrons. The quantitative estimate of drug-likeness (QED) is 0.810. The maximum absolute atomic E-state index is 5.81. The number of benzene rings is 1. The molecule has 3 nitrogen and oxygen atoms in total. The number of rotatable bonds is 7. The van der Waals surface area contributed by atoms with Crippen molar-refractivity contribution in [2.45, 2.75) is 40.0 Å². The van der Waals surface area contributed by atoms with Crippen molar-refractivity contribution in [3.05, 3.63) is 29.8 Å². The second-order valence-corrected chi connectivity index (χ2v) is 4.95. The van der Waals surface area contributed by atoms with Gasteiger partial charge in [-0.25, -0.2) is 4.98 Å². The van der Waals surface area contributed by atoms with Crippen molar-refractivity contribution in [1.82, 2.24) is 4.98 Å². The van der Waals surface area contributed by atoms with E-state index >= 15 is 0 Å². The Labute approximate surface area is 121 Å². The van der Waals surface area contributed by atoms with Crippen molar-refractivity contribution >= 4 is 16.7 Å². The third-order valence-corrected chi connectivity index (χ3v) is 3.21. The van der Waals surface area contributed by atoms with Crippen molar-refractivity contribution < 1.29 is 4.74 Å². The SMILES string of the molecule is CCCOc1cccc2cc(CCC)c(NCC)nc12. The molecule has 0 amide bonds. The van der Waals surface area contributed by atoms with Crippen molar-refractivity contribution in [3.8, 4) is 5.75 Å². The molecule has 0 saturated carbocycles. The third-order valence-electron chi connectivity index (χ3n) is 3.21. The maximum atomic E-state index is 5.81. The normalized spacial score (nSPS) is 10.8. The number of aromatic nitrogens is 1. The number of nitrogens with one attached hydrogen (secondary N) is 1. The Bertz CT molecular complexity index is 566. The third kappa shape index (κ3) is 3.21. The van der Waals surface area contributed by atoms with Crippen molar-refractivity contribution in [2.24, 2.45) is 0 Å². The van der Waals surface area contributed by atoms with Gasteiger partial charge in [0, 0.05) is 11.9 Å². The van der Waals surface area contributed by atoms with E-state index in [9.17, 15) is 0 Å². The molecule has 0 fully saturated rings. The van der Waals surface area contributed by atoms with Gasteiger partial charge in [-0.15, -0.1) is 0 Å². The van der Waals surface area contributed by atoms with Crippen LogP contribution in [0.5, 0.6) is 5.75 Å². The second kappa shape index (κ2) is 7.13. The summed E-state index contributed by atoms with van der Waals surface area (Å²) in [5, 5.41) is 4.53. The minimum atomic E-state index is 0.730. The maximum Gasteiger partial charge on any atom is 0.145 e. The fraction of sp³-hybridized carbons (Fsp3) is 0.471. The summed E-state index contributed by atoms with van der Waals surface area (Å²) in [5.41, 5.74) is 2.24. The van der Waals surface area contributed by atoms with E-state index in [0.29, 0.717) is 0 Å². The molecule has 0 unspecified atom stereocenters. The highest BCUT2D eigenvalue weighted by atomic mass is 16.5. The minimum absolute atomic E-state index is 0.730. The number of ether oxygens (including phenoxy) is 1. The van der Waals surface area contributed by atoms with Gasteiger partial charge in [0.05, 0.1) is 6.61 Å². The van der Waals surface area contributed by atoms with Crippen LogP contribution < -0.4 is 10.1 Å². The van der Waals surface area contributed by atoms with Gasteiger partial charge in [0.1, 0.15) is 17.1 Å². The molecule has 2 rings (SSSR count). The number of aryl methyl sites for hydroxylation is 1.